The average molecular weight is 334 g/mol. The predicted octanol–water partition coefficient (Wildman–Crippen LogP) is 3.44. The van der Waals surface area contributed by atoms with Crippen LogP contribution in [-0.4, -0.2) is 12.1 Å². The molecule has 1 saturated heterocycles. The van der Waals surface area contributed by atoms with Gasteiger partial charge in [-0.1, -0.05) is 26.3 Å². The summed E-state index contributed by atoms with van der Waals surface area (Å²) in [5, 5.41) is 0. The van der Waals surface area contributed by atoms with E-state index >= 15 is 0 Å². The first-order valence-electron chi connectivity index (χ1n) is 6.92. The van der Waals surface area contributed by atoms with Gasteiger partial charge in [0.1, 0.15) is 6.10 Å². The van der Waals surface area contributed by atoms with Gasteiger partial charge in [-0.05, 0) is 18.3 Å². The van der Waals surface area contributed by atoms with E-state index in [0.717, 1.165) is 19.3 Å². The van der Waals surface area contributed by atoms with Gasteiger partial charge in [-0.25, -0.2) is 23.4 Å². The smallest absolute Gasteiger partial charge is 0.334 e. The Morgan fingerprint density at radius 2 is 2.26 bits per heavy atom. The Balaban J connectivity index is 0.00000133. The van der Waals surface area contributed by atoms with E-state index in [2.05, 4.69) is 26.5 Å². The summed E-state index contributed by atoms with van der Waals surface area (Å²) in [5.41, 5.74) is 2.24. The SMILES string of the molecule is C=C1C(=O)OC2C1CC/C([CH2-])=C\CCC1(C)CC21.[Y]. The van der Waals surface area contributed by atoms with Gasteiger partial charge in [0.2, 0.25) is 0 Å². The van der Waals surface area contributed by atoms with Gasteiger partial charge in [-0.2, -0.15) is 0 Å². The van der Waals surface area contributed by atoms with Crippen LogP contribution in [0.1, 0.15) is 39.0 Å². The van der Waals surface area contributed by atoms with Crippen molar-refractivity contribution in [1.29, 1.82) is 0 Å². The van der Waals surface area contributed by atoms with Crippen LogP contribution in [0, 0.1) is 24.2 Å². The molecule has 4 unspecified atom stereocenters. The van der Waals surface area contributed by atoms with Crippen molar-refractivity contribution in [3.63, 3.8) is 0 Å². The minimum absolute atomic E-state index is 0. The summed E-state index contributed by atoms with van der Waals surface area (Å²) >= 11 is 0. The number of allylic oxidation sites excluding steroid dienone is 2. The van der Waals surface area contributed by atoms with Crippen molar-refractivity contribution in [1.82, 2.24) is 0 Å². The van der Waals surface area contributed by atoms with Crippen LogP contribution in [0.15, 0.2) is 23.8 Å². The molecule has 101 valence electrons. The maximum Gasteiger partial charge on any atom is 0.334 e. The number of rotatable bonds is 0. The second kappa shape index (κ2) is 5.37. The summed E-state index contributed by atoms with van der Waals surface area (Å²) < 4.78 is 5.59. The molecule has 0 spiro atoms. The maximum atomic E-state index is 11.7. The molecule has 2 fully saturated rings. The maximum absolute atomic E-state index is 11.7. The van der Waals surface area contributed by atoms with Gasteiger partial charge >= 0.3 is 5.97 Å². The molecule has 1 radical (unpaired) electrons. The van der Waals surface area contributed by atoms with Crippen LogP contribution >= 0.6 is 0 Å². The van der Waals surface area contributed by atoms with Gasteiger partial charge in [-0.15, -0.1) is 6.42 Å². The molecule has 1 aliphatic heterocycles. The van der Waals surface area contributed by atoms with E-state index in [1.807, 2.05) is 0 Å². The molecular formula is C16H21O2Y-. The van der Waals surface area contributed by atoms with Crippen LogP contribution in [0.2, 0.25) is 0 Å². The fourth-order valence-corrected chi connectivity index (χ4v) is 3.62. The third-order valence-corrected chi connectivity index (χ3v) is 5.09. The minimum atomic E-state index is -0.173. The Morgan fingerprint density at radius 1 is 1.53 bits per heavy atom. The van der Waals surface area contributed by atoms with E-state index in [-0.39, 0.29) is 50.7 Å². The molecular weight excluding hydrogens is 313 g/mol. The van der Waals surface area contributed by atoms with E-state index in [9.17, 15) is 4.79 Å². The third kappa shape index (κ3) is 2.71. The largest absolute Gasteiger partial charge is 0.458 e. The molecule has 2 nitrogen and oxygen atoms in total. The van der Waals surface area contributed by atoms with E-state index in [1.54, 1.807) is 0 Å². The van der Waals surface area contributed by atoms with Gasteiger partial charge < -0.3 is 4.74 Å². The van der Waals surface area contributed by atoms with Crippen molar-refractivity contribution >= 4 is 5.97 Å². The molecule has 19 heavy (non-hydrogen) atoms. The summed E-state index contributed by atoms with van der Waals surface area (Å²) in [6, 6.07) is 0. The second-order valence-electron chi connectivity index (χ2n) is 6.41. The quantitative estimate of drug-likeness (QED) is 0.385. The molecule has 0 aromatic heterocycles. The summed E-state index contributed by atoms with van der Waals surface area (Å²) in [7, 11) is 0. The standard InChI is InChI=1S/C16H21O2.Y/c1-10-5-4-8-16(3)9-13(16)14-12(7-6-10)11(2)15(17)18-14;/h5,12-14H,1-2,4,6-9H2,3H3;/q-1;/b10-5-;. The average Bonchev–Trinajstić information content (AvgIpc) is 2.90. The number of fused-ring (bicyclic) bond motifs is 3. The molecule has 1 heterocycles. The van der Waals surface area contributed by atoms with Crippen LogP contribution in [0.3, 0.4) is 0 Å². The van der Waals surface area contributed by atoms with Crippen molar-refractivity contribution in [2.24, 2.45) is 17.3 Å². The number of hydrogen-bond acceptors (Lipinski definition) is 2. The van der Waals surface area contributed by atoms with Gasteiger partial charge in [-0.3, -0.25) is 0 Å². The van der Waals surface area contributed by atoms with Crippen LogP contribution < -0.4 is 0 Å². The van der Waals surface area contributed by atoms with Crippen LogP contribution in [0.5, 0.6) is 0 Å². The molecule has 1 saturated carbocycles. The fourth-order valence-electron chi connectivity index (χ4n) is 3.62. The first-order valence-corrected chi connectivity index (χ1v) is 6.92. The normalized spacial score (nSPS) is 44.1. The first kappa shape index (κ1) is 15.3. The molecule has 0 bridgehead atoms. The minimum Gasteiger partial charge on any atom is -0.458 e. The Bertz CT molecular complexity index is 440. The van der Waals surface area contributed by atoms with Gasteiger partial charge in [0, 0.05) is 50.1 Å². The summed E-state index contributed by atoms with van der Waals surface area (Å²) in [5.74, 6) is 0.589. The van der Waals surface area contributed by atoms with Crippen molar-refractivity contribution in [2.45, 2.75) is 45.1 Å². The van der Waals surface area contributed by atoms with E-state index in [4.69, 9.17) is 4.74 Å². The number of esters is 1. The monoisotopic (exact) mass is 334 g/mol. The van der Waals surface area contributed by atoms with Crippen molar-refractivity contribution in [3.8, 4) is 0 Å². The zero-order chi connectivity index (χ0) is 12.9. The topological polar surface area (TPSA) is 26.3 Å². The molecule has 0 aromatic rings. The predicted molar refractivity (Wildman–Crippen MR) is 70.6 cm³/mol. The van der Waals surface area contributed by atoms with E-state index in [0.29, 0.717) is 16.9 Å². The Kier molecular flexibility index (Phi) is 4.33. The second-order valence-corrected chi connectivity index (χ2v) is 6.41. The molecule has 2 aliphatic carbocycles. The molecule has 0 amide bonds. The molecule has 4 atom stereocenters. The third-order valence-electron chi connectivity index (χ3n) is 5.09. The van der Waals surface area contributed by atoms with Crippen molar-refractivity contribution in [3.05, 3.63) is 30.7 Å². The summed E-state index contributed by atoms with van der Waals surface area (Å²) in [4.78, 5) is 11.7. The van der Waals surface area contributed by atoms with Gasteiger partial charge in [0.25, 0.3) is 0 Å². The molecule has 0 aromatic carbocycles. The fraction of sp³-hybridized carbons (Fsp3) is 0.625. The summed E-state index contributed by atoms with van der Waals surface area (Å²) in [6.07, 6.45) is 7.75. The Labute approximate surface area is 140 Å². The number of carbonyl (C=O) groups excluding carboxylic acids is 1. The van der Waals surface area contributed by atoms with Crippen molar-refractivity contribution < 1.29 is 42.2 Å². The van der Waals surface area contributed by atoms with Crippen LogP contribution in [0.4, 0.5) is 0 Å². The van der Waals surface area contributed by atoms with E-state index in [1.165, 1.54) is 18.4 Å². The van der Waals surface area contributed by atoms with Crippen LogP contribution in [-0.2, 0) is 42.2 Å². The Hall–Kier alpha value is -0.0761. The number of hydrogen-bond donors (Lipinski definition) is 0. The number of ether oxygens (including phenoxy) is 1. The van der Waals surface area contributed by atoms with E-state index < -0.39 is 0 Å². The zero-order valence-corrected chi connectivity index (χ0v) is 14.5. The first-order chi connectivity index (χ1) is 8.51. The molecule has 3 heteroatoms. The summed E-state index contributed by atoms with van der Waals surface area (Å²) in [6.45, 7) is 10.4. The zero-order valence-electron chi connectivity index (χ0n) is 11.7. The van der Waals surface area contributed by atoms with Crippen molar-refractivity contribution in [2.75, 3.05) is 0 Å². The van der Waals surface area contributed by atoms with Gasteiger partial charge in [0.05, 0.1) is 0 Å². The number of carbonyl (C=O) groups is 1. The molecule has 0 N–H and O–H groups in total. The molecule has 3 aliphatic rings. The van der Waals surface area contributed by atoms with Gasteiger partial charge in [0.15, 0.2) is 0 Å². The molecule has 3 rings (SSSR count). The Morgan fingerprint density at radius 3 is 3.00 bits per heavy atom. The van der Waals surface area contributed by atoms with Crippen LogP contribution in [0.25, 0.3) is 0 Å².